The minimum absolute atomic E-state index is 0.0301. The first-order chi connectivity index (χ1) is 13.0. The minimum atomic E-state index is -0.951. The van der Waals surface area contributed by atoms with Crippen LogP contribution in [-0.2, 0) is 11.3 Å². The highest BCUT2D eigenvalue weighted by Gasteiger charge is 2.22. The van der Waals surface area contributed by atoms with Crippen LogP contribution in [0.5, 0.6) is 0 Å². The Bertz CT molecular complexity index is 859. The number of guanidine groups is 1. The van der Waals surface area contributed by atoms with Crippen molar-refractivity contribution in [3.8, 4) is 0 Å². The molecule has 2 heterocycles. The van der Waals surface area contributed by atoms with Crippen molar-refractivity contribution in [2.24, 2.45) is 10.7 Å². The van der Waals surface area contributed by atoms with E-state index in [9.17, 15) is 13.6 Å². The summed E-state index contributed by atoms with van der Waals surface area (Å²) >= 11 is 0. The molecule has 142 valence electrons. The summed E-state index contributed by atoms with van der Waals surface area (Å²) in [4.78, 5) is 17.4. The van der Waals surface area contributed by atoms with Crippen LogP contribution in [0.25, 0.3) is 5.57 Å². The summed E-state index contributed by atoms with van der Waals surface area (Å²) in [6.45, 7) is 1.19. The number of rotatable bonds is 4. The summed E-state index contributed by atoms with van der Waals surface area (Å²) in [6.07, 6.45) is 3.11. The summed E-state index contributed by atoms with van der Waals surface area (Å²) in [5.74, 6) is -1.20. The molecular formula is C18H19F2N5O2. The number of carbonyl (C=O) groups is 1. The van der Waals surface area contributed by atoms with Gasteiger partial charge in [0.1, 0.15) is 18.3 Å². The minimum Gasteiger partial charge on any atom is -0.444 e. The molecule has 0 atom stereocenters. The number of halogens is 2. The Hall–Kier alpha value is -3.23. The number of likely N-dealkylation sites (tertiary alicyclic amines) is 1. The number of ether oxygens (including phenoxy) is 1. The second kappa shape index (κ2) is 7.98. The van der Waals surface area contributed by atoms with E-state index in [4.69, 9.17) is 15.9 Å². The normalized spacial score (nSPS) is 16.4. The third-order valence-electron chi connectivity index (χ3n) is 4.21. The van der Waals surface area contributed by atoms with E-state index in [0.717, 1.165) is 19.5 Å². The van der Waals surface area contributed by atoms with E-state index in [2.05, 4.69) is 4.99 Å². The molecule has 2 aliphatic rings. The first kappa shape index (κ1) is 18.6. The predicted octanol–water partition coefficient (Wildman–Crippen LogP) is 2.65. The first-order valence-corrected chi connectivity index (χ1v) is 8.39. The van der Waals surface area contributed by atoms with Crippen molar-refractivity contribution in [2.45, 2.75) is 19.4 Å². The van der Waals surface area contributed by atoms with Crippen LogP contribution in [0.15, 0.2) is 40.9 Å². The number of nitrogens with one attached hydrogen (secondary N) is 2. The van der Waals surface area contributed by atoms with Crippen molar-refractivity contribution in [1.82, 2.24) is 10.2 Å². The number of carbonyl (C=O) groups excluding carboxylic acids is 1. The predicted molar refractivity (Wildman–Crippen MR) is 97.0 cm³/mol. The number of nitrogens with zero attached hydrogens (tertiary/aromatic N) is 2. The molecule has 1 saturated heterocycles. The molecule has 0 spiro atoms. The Morgan fingerprint density at radius 1 is 1.37 bits per heavy atom. The topological polar surface area (TPSA) is 104 Å². The molecule has 9 heteroatoms. The lowest BCUT2D eigenvalue weighted by Gasteiger charge is -2.33. The standard InChI is InChI=1S/C18H19F2N5O2/c19-14-6-5-11(9-23-16(14)25-7-2-8-25)13-4-1-3-12(15(13)20)10-27-18(26)24-17(21)22/h1,3-5,9H,2,6-8,10H2,(H4,21,22,24,26). The number of allylic oxidation sites excluding steroid dienone is 3. The number of amides is 1. The maximum Gasteiger partial charge on any atom is 0.414 e. The molecule has 2 aliphatic heterocycles. The Morgan fingerprint density at radius 2 is 2.15 bits per heavy atom. The van der Waals surface area contributed by atoms with Gasteiger partial charge in [0.25, 0.3) is 0 Å². The lowest BCUT2D eigenvalue weighted by Crippen LogP contribution is -2.36. The Labute approximate surface area is 154 Å². The lowest BCUT2D eigenvalue weighted by molar-refractivity contribution is 0.143. The fraction of sp³-hybridized carbons (Fsp3) is 0.278. The maximum atomic E-state index is 14.8. The molecular weight excluding hydrogens is 356 g/mol. The fourth-order valence-electron chi connectivity index (χ4n) is 2.71. The van der Waals surface area contributed by atoms with E-state index in [-0.39, 0.29) is 30.0 Å². The van der Waals surface area contributed by atoms with Crippen molar-refractivity contribution < 1.29 is 18.3 Å². The molecule has 1 amide bonds. The van der Waals surface area contributed by atoms with Crippen LogP contribution in [0.1, 0.15) is 24.0 Å². The second-order valence-corrected chi connectivity index (χ2v) is 6.08. The Balaban J connectivity index is 1.75. The molecule has 0 aliphatic carbocycles. The number of aliphatic imine (C=N–C) groups is 1. The third-order valence-corrected chi connectivity index (χ3v) is 4.21. The molecule has 1 aromatic rings. The number of hydrogen-bond acceptors (Lipinski definition) is 5. The average Bonchev–Trinajstić information content (AvgIpc) is 2.75. The maximum absolute atomic E-state index is 14.8. The summed E-state index contributed by atoms with van der Waals surface area (Å²) in [5.41, 5.74) is 5.86. The van der Waals surface area contributed by atoms with Gasteiger partial charge >= 0.3 is 6.09 Å². The largest absolute Gasteiger partial charge is 0.444 e. The van der Waals surface area contributed by atoms with E-state index >= 15 is 0 Å². The number of alkyl carbamates (subject to hydrolysis) is 1. The van der Waals surface area contributed by atoms with E-state index < -0.39 is 17.9 Å². The molecule has 4 N–H and O–H groups in total. The third kappa shape index (κ3) is 4.30. The van der Waals surface area contributed by atoms with Crippen LogP contribution in [0.3, 0.4) is 0 Å². The van der Waals surface area contributed by atoms with Gasteiger partial charge in [0.2, 0.25) is 0 Å². The molecule has 0 saturated carbocycles. The van der Waals surface area contributed by atoms with Crippen molar-refractivity contribution >= 4 is 23.8 Å². The molecule has 3 rings (SSSR count). The van der Waals surface area contributed by atoms with Crippen molar-refractivity contribution in [1.29, 1.82) is 5.41 Å². The van der Waals surface area contributed by atoms with Gasteiger partial charge in [0.05, 0.1) is 0 Å². The van der Waals surface area contributed by atoms with E-state index in [1.54, 1.807) is 18.2 Å². The van der Waals surface area contributed by atoms with Gasteiger partial charge in [-0.2, -0.15) is 0 Å². The van der Waals surface area contributed by atoms with Crippen LogP contribution in [0, 0.1) is 11.2 Å². The second-order valence-electron chi connectivity index (χ2n) is 6.08. The molecule has 1 aromatic carbocycles. The summed E-state index contributed by atoms with van der Waals surface area (Å²) in [5, 5.41) is 8.89. The fourth-order valence-corrected chi connectivity index (χ4v) is 2.71. The van der Waals surface area contributed by atoms with Gasteiger partial charge in [-0.1, -0.05) is 24.3 Å². The van der Waals surface area contributed by atoms with Crippen LogP contribution in [0.4, 0.5) is 13.6 Å². The van der Waals surface area contributed by atoms with Crippen LogP contribution in [0.2, 0.25) is 0 Å². The zero-order chi connectivity index (χ0) is 19.4. The summed E-state index contributed by atoms with van der Waals surface area (Å²) in [7, 11) is 0. The van der Waals surface area contributed by atoms with Crippen molar-refractivity contribution in [2.75, 3.05) is 13.1 Å². The quantitative estimate of drug-likeness (QED) is 0.556. The van der Waals surface area contributed by atoms with Crippen molar-refractivity contribution in [3.05, 3.63) is 52.9 Å². The van der Waals surface area contributed by atoms with Gasteiger partial charge in [-0.25, -0.2) is 18.6 Å². The zero-order valence-corrected chi connectivity index (χ0v) is 14.5. The van der Waals surface area contributed by atoms with Crippen LogP contribution < -0.4 is 11.1 Å². The molecule has 0 bridgehead atoms. The molecule has 27 heavy (non-hydrogen) atoms. The SMILES string of the molecule is N=C(N)NC(=O)OCc1cccc(C2=CCC(F)=C(N3CCC3)N=C2)c1F. The Kier molecular flexibility index (Phi) is 5.49. The van der Waals surface area contributed by atoms with Gasteiger partial charge in [-0.05, 0) is 12.0 Å². The average molecular weight is 375 g/mol. The zero-order valence-electron chi connectivity index (χ0n) is 14.5. The molecule has 7 nitrogen and oxygen atoms in total. The Morgan fingerprint density at radius 3 is 2.81 bits per heavy atom. The summed E-state index contributed by atoms with van der Waals surface area (Å²) < 4.78 is 33.9. The smallest absolute Gasteiger partial charge is 0.414 e. The van der Waals surface area contributed by atoms with E-state index in [1.807, 2.05) is 10.2 Å². The van der Waals surface area contributed by atoms with E-state index in [0.29, 0.717) is 11.4 Å². The molecule has 0 unspecified atom stereocenters. The van der Waals surface area contributed by atoms with Crippen LogP contribution in [-0.4, -0.2) is 36.3 Å². The summed E-state index contributed by atoms with van der Waals surface area (Å²) in [6, 6.07) is 4.64. The monoisotopic (exact) mass is 375 g/mol. The molecule has 1 fully saturated rings. The highest BCUT2D eigenvalue weighted by molar-refractivity contribution is 6.10. The first-order valence-electron chi connectivity index (χ1n) is 8.39. The highest BCUT2D eigenvalue weighted by atomic mass is 19.1. The molecule has 0 aromatic heterocycles. The van der Waals surface area contributed by atoms with Gasteiger partial charge < -0.3 is 15.4 Å². The number of nitrogens with two attached hydrogens (primary N) is 1. The number of benzene rings is 1. The van der Waals surface area contributed by atoms with Gasteiger partial charge in [0, 0.05) is 36.9 Å². The van der Waals surface area contributed by atoms with Gasteiger partial charge in [-0.3, -0.25) is 10.7 Å². The van der Waals surface area contributed by atoms with Crippen LogP contribution >= 0.6 is 0 Å². The number of hydrogen-bond donors (Lipinski definition) is 3. The lowest BCUT2D eigenvalue weighted by atomic mass is 10.0. The van der Waals surface area contributed by atoms with Gasteiger partial charge in [0.15, 0.2) is 11.8 Å². The highest BCUT2D eigenvalue weighted by Crippen LogP contribution is 2.28. The van der Waals surface area contributed by atoms with Crippen molar-refractivity contribution in [3.63, 3.8) is 0 Å². The van der Waals surface area contributed by atoms with Gasteiger partial charge in [-0.15, -0.1) is 0 Å². The molecule has 0 radical (unpaired) electrons. The van der Waals surface area contributed by atoms with E-state index in [1.165, 1.54) is 12.3 Å².